The summed E-state index contributed by atoms with van der Waals surface area (Å²) in [5.74, 6) is -0.162. The van der Waals surface area contributed by atoms with E-state index in [9.17, 15) is 4.39 Å². The Labute approximate surface area is 117 Å². The third kappa shape index (κ3) is 3.31. The molecule has 1 aromatic carbocycles. The molecule has 0 aliphatic carbocycles. The highest BCUT2D eigenvalue weighted by Crippen LogP contribution is 2.25. The summed E-state index contributed by atoms with van der Waals surface area (Å²) >= 11 is 3.49. The molecule has 1 heterocycles. The molecule has 0 unspecified atom stereocenters. The molecule has 0 saturated carbocycles. The molecule has 4 heteroatoms. The summed E-state index contributed by atoms with van der Waals surface area (Å²) in [4.78, 5) is 2.39. The van der Waals surface area contributed by atoms with Gasteiger partial charge in [0.1, 0.15) is 5.82 Å². The van der Waals surface area contributed by atoms with Crippen LogP contribution < -0.4 is 5.32 Å². The van der Waals surface area contributed by atoms with E-state index in [1.54, 1.807) is 12.1 Å². The Morgan fingerprint density at radius 2 is 2.06 bits per heavy atom. The van der Waals surface area contributed by atoms with Crippen LogP contribution in [-0.2, 0) is 6.54 Å². The number of piperidine rings is 1. The van der Waals surface area contributed by atoms with Gasteiger partial charge >= 0.3 is 0 Å². The largest absolute Gasteiger partial charge is 0.314 e. The van der Waals surface area contributed by atoms with Crippen molar-refractivity contribution in [2.75, 3.05) is 20.1 Å². The lowest BCUT2D eigenvalue weighted by Crippen LogP contribution is -2.49. The zero-order chi connectivity index (χ0) is 13.2. The van der Waals surface area contributed by atoms with Gasteiger partial charge in [-0.2, -0.15) is 0 Å². The van der Waals surface area contributed by atoms with Gasteiger partial charge in [-0.1, -0.05) is 15.9 Å². The summed E-state index contributed by atoms with van der Waals surface area (Å²) in [5.41, 5.74) is 1.29. The second-order valence-corrected chi connectivity index (χ2v) is 6.18. The van der Waals surface area contributed by atoms with Gasteiger partial charge in [-0.15, -0.1) is 0 Å². The van der Waals surface area contributed by atoms with Crippen LogP contribution in [0.2, 0.25) is 0 Å². The van der Waals surface area contributed by atoms with E-state index in [-0.39, 0.29) is 11.4 Å². The SMILES string of the molecule is CNC1(C)CCN(Cc2cc(F)ccc2Br)CC1. The molecular weight excluding hydrogens is 295 g/mol. The normalized spacial score (nSPS) is 20.0. The lowest BCUT2D eigenvalue weighted by Gasteiger charge is -2.39. The second-order valence-electron chi connectivity index (χ2n) is 5.32. The molecule has 1 fully saturated rings. The van der Waals surface area contributed by atoms with Crippen molar-refractivity contribution in [2.24, 2.45) is 0 Å². The minimum atomic E-state index is -0.162. The van der Waals surface area contributed by atoms with Crippen molar-refractivity contribution >= 4 is 15.9 Å². The number of rotatable bonds is 3. The Morgan fingerprint density at radius 3 is 2.67 bits per heavy atom. The highest BCUT2D eigenvalue weighted by molar-refractivity contribution is 9.10. The fourth-order valence-electron chi connectivity index (χ4n) is 2.36. The minimum Gasteiger partial charge on any atom is -0.314 e. The van der Waals surface area contributed by atoms with Crippen LogP contribution >= 0.6 is 15.9 Å². The summed E-state index contributed by atoms with van der Waals surface area (Å²) in [7, 11) is 2.03. The highest BCUT2D eigenvalue weighted by atomic mass is 79.9. The van der Waals surface area contributed by atoms with Crippen molar-refractivity contribution in [3.63, 3.8) is 0 Å². The zero-order valence-electron chi connectivity index (χ0n) is 11.0. The number of hydrogen-bond donors (Lipinski definition) is 1. The lowest BCUT2D eigenvalue weighted by molar-refractivity contribution is 0.146. The molecule has 0 atom stereocenters. The van der Waals surface area contributed by atoms with Crippen LogP contribution in [0.1, 0.15) is 25.3 Å². The summed E-state index contributed by atoms with van der Waals surface area (Å²) in [6.45, 7) is 5.20. The molecule has 1 aromatic rings. The van der Waals surface area contributed by atoms with E-state index < -0.39 is 0 Å². The van der Waals surface area contributed by atoms with Gasteiger partial charge in [0, 0.05) is 29.6 Å². The van der Waals surface area contributed by atoms with E-state index in [2.05, 4.69) is 33.1 Å². The maximum atomic E-state index is 13.2. The van der Waals surface area contributed by atoms with Crippen LogP contribution in [0, 0.1) is 5.82 Å². The van der Waals surface area contributed by atoms with Crippen molar-refractivity contribution in [1.29, 1.82) is 0 Å². The first-order valence-electron chi connectivity index (χ1n) is 6.38. The highest BCUT2D eigenvalue weighted by Gasteiger charge is 2.28. The fourth-order valence-corrected chi connectivity index (χ4v) is 2.73. The van der Waals surface area contributed by atoms with E-state index in [1.807, 2.05) is 7.05 Å². The van der Waals surface area contributed by atoms with Gasteiger partial charge in [0.15, 0.2) is 0 Å². The Hall–Kier alpha value is -0.450. The van der Waals surface area contributed by atoms with Gasteiger partial charge in [-0.25, -0.2) is 4.39 Å². The Kier molecular flexibility index (Phi) is 4.41. The molecule has 0 aromatic heterocycles. The summed E-state index contributed by atoms with van der Waals surface area (Å²) in [6.07, 6.45) is 2.27. The molecule has 0 spiro atoms. The maximum Gasteiger partial charge on any atom is 0.123 e. The Morgan fingerprint density at radius 1 is 1.39 bits per heavy atom. The lowest BCUT2D eigenvalue weighted by atomic mass is 9.90. The van der Waals surface area contributed by atoms with E-state index >= 15 is 0 Å². The predicted molar refractivity (Wildman–Crippen MR) is 76.1 cm³/mol. The van der Waals surface area contributed by atoms with Crippen LogP contribution in [0.25, 0.3) is 0 Å². The van der Waals surface area contributed by atoms with E-state index in [0.29, 0.717) is 0 Å². The third-order valence-electron chi connectivity index (χ3n) is 3.96. The average Bonchev–Trinajstić information content (AvgIpc) is 2.37. The van der Waals surface area contributed by atoms with Crippen LogP contribution in [-0.4, -0.2) is 30.6 Å². The van der Waals surface area contributed by atoms with Gasteiger partial charge in [0.05, 0.1) is 0 Å². The van der Waals surface area contributed by atoms with Crippen molar-refractivity contribution in [2.45, 2.75) is 31.8 Å². The monoisotopic (exact) mass is 314 g/mol. The standard InChI is InChI=1S/C14H20BrFN2/c1-14(17-2)5-7-18(8-6-14)10-11-9-12(16)3-4-13(11)15/h3-4,9,17H,5-8,10H2,1-2H3. The molecule has 0 amide bonds. The molecule has 0 radical (unpaired) electrons. The van der Waals surface area contributed by atoms with Gasteiger partial charge in [-0.05, 0) is 50.6 Å². The average molecular weight is 315 g/mol. The van der Waals surface area contributed by atoms with Crippen LogP contribution in [0.3, 0.4) is 0 Å². The zero-order valence-corrected chi connectivity index (χ0v) is 12.6. The van der Waals surface area contributed by atoms with Crippen molar-refractivity contribution in [3.8, 4) is 0 Å². The first kappa shape index (κ1) is 14.0. The quantitative estimate of drug-likeness (QED) is 0.922. The molecular formula is C14H20BrFN2. The summed E-state index contributed by atoms with van der Waals surface area (Å²) in [6, 6.07) is 4.89. The number of benzene rings is 1. The molecule has 2 nitrogen and oxygen atoms in total. The molecule has 18 heavy (non-hydrogen) atoms. The second kappa shape index (κ2) is 5.68. The van der Waals surface area contributed by atoms with Crippen LogP contribution in [0.5, 0.6) is 0 Å². The van der Waals surface area contributed by atoms with Gasteiger partial charge < -0.3 is 5.32 Å². The van der Waals surface area contributed by atoms with E-state index in [0.717, 1.165) is 42.5 Å². The topological polar surface area (TPSA) is 15.3 Å². The molecule has 0 bridgehead atoms. The molecule has 100 valence electrons. The van der Waals surface area contributed by atoms with Gasteiger partial charge in [-0.3, -0.25) is 4.90 Å². The summed E-state index contributed by atoms with van der Waals surface area (Å²) in [5, 5.41) is 3.39. The predicted octanol–water partition coefficient (Wildman–Crippen LogP) is 3.16. The van der Waals surface area contributed by atoms with Crippen LogP contribution in [0.4, 0.5) is 4.39 Å². The first-order valence-corrected chi connectivity index (χ1v) is 7.17. The fraction of sp³-hybridized carbons (Fsp3) is 0.571. The van der Waals surface area contributed by atoms with E-state index in [1.165, 1.54) is 6.07 Å². The van der Waals surface area contributed by atoms with E-state index in [4.69, 9.17) is 0 Å². The Bertz CT molecular complexity index is 414. The third-order valence-corrected chi connectivity index (χ3v) is 4.74. The van der Waals surface area contributed by atoms with Crippen molar-refractivity contribution < 1.29 is 4.39 Å². The number of nitrogens with one attached hydrogen (secondary N) is 1. The Balaban J connectivity index is 1.97. The van der Waals surface area contributed by atoms with Crippen molar-refractivity contribution in [1.82, 2.24) is 10.2 Å². The molecule has 1 aliphatic heterocycles. The molecule has 1 aliphatic rings. The van der Waals surface area contributed by atoms with Gasteiger partial charge in [0.25, 0.3) is 0 Å². The van der Waals surface area contributed by atoms with Gasteiger partial charge in [0.2, 0.25) is 0 Å². The first-order chi connectivity index (χ1) is 8.52. The summed E-state index contributed by atoms with van der Waals surface area (Å²) < 4.78 is 14.2. The number of halogens is 2. The maximum absolute atomic E-state index is 13.2. The molecule has 1 saturated heterocycles. The number of likely N-dealkylation sites (tertiary alicyclic amines) is 1. The number of nitrogens with zero attached hydrogens (tertiary/aromatic N) is 1. The van der Waals surface area contributed by atoms with Crippen LogP contribution in [0.15, 0.2) is 22.7 Å². The molecule has 1 N–H and O–H groups in total. The van der Waals surface area contributed by atoms with Crippen molar-refractivity contribution in [3.05, 3.63) is 34.1 Å². The number of hydrogen-bond acceptors (Lipinski definition) is 2. The smallest absolute Gasteiger partial charge is 0.123 e. The minimum absolute atomic E-state index is 0.162. The molecule has 2 rings (SSSR count).